The van der Waals surface area contributed by atoms with Crippen molar-refractivity contribution in [3.63, 3.8) is 0 Å². The number of rotatable bonds is 5. The molecule has 0 bridgehead atoms. The van der Waals surface area contributed by atoms with E-state index in [4.69, 9.17) is 0 Å². The Hall–Kier alpha value is -1.21. The van der Waals surface area contributed by atoms with E-state index < -0.39 is 10.0 Å². The van der Waals surface area contributed by atoms with Crippen LogP contribution in [0, 0.1) is 0 Å². The Morgan fingerprint density at radius 1 is 1.26 bits per heavy atom. The Labute approximate surface area is 117 Å². The minimum Gasteiger partial charge on any atom is -0.392 e. The average Bonchev–Trinajstić information content (AvgIpc) is 2.91. The molecule has 1 aromatic carbocycles. The minimum atomic E-state index is -3.58. The van der Waals surface area contributed by atoms with Gasteiger partial charge in [0, 0.05) is 13.6 Å². The third kappa shape index (κ3) is 3.03. The van der Waals surface area contributed by atoms with E-state index in [-0.39, 0.29) is 11.5 Å². The quantitative estimate of drug-likeness (QED) is 0.919. The second-order valence-corrected chi connectivity index (χ2v) is 6.95. The van der Waals surface area contributed by atoms with Gasteiger partial charge in [0.1, 0.15) is 0 Å². The van der Waals surface area contributed by atoms with Crippen LogP contribution >= 0.6 is 11.3 Å². The van der Waals surface area contributed by atoms with Gasteiger partial charge in [-0.1, -0.05) is 18.2 Å². The van der Waals surface area contributed by atoms with Gasteiger partial charge < -0.3 is 5.11 Å². The predicted molar refractivity (Wildman–Crippen MR) is 75.3 cm³/mol. The van der Waals surface area contributed by atoms with Crippen LogP contribution in [0.1, 0.15) is 11.1 Å². The molecule has 0 amide bonds. The second-order valence-electron chi connectivity index (χ2n) is 4.16. The number of sulfonamides is 1. The molecular formula is C13H15NO3S2. The maximum atomic E-state index is 12.5. The van der Waals surface area contributed by atoms with Gasteiger partial charge in [0.25, 0.3) is 0 Å². The maximum absolute atomic E-state index is 12.5. The van der Waals surface area contributed by atoms with Gasteiger partial charge in [-0.25, -0.2) is 8.42 Å². The number of hydrogen-bond acceptors (Lipinski definition) is 4. The first-order valence-corrected chi connectivity index (χ1v) is 8.10. The first-order valence-electron chi connectivity index (χ1n) is 5.72. The normalized spacial score (nSPS) is 11.9. The smallest absolute Gasteiger partial charge is 0.243 e. The Morgan fingerprint density at radius 3 is 2.63 bits per heavy atom. The summed E-state index contributed by atoms with van der Waals surface area (Å²) in [6, 6.07) is 8.40. The number of benzene rings is 1. The fourth-order valence-corrected chi connectivity index (χ4v) is 3.81. The molecule has 0 radical (unpaired) electrons. The fourth-order valence-electron chi connectivity index (χ4n) is 1.78. The highest BCUT2D eigenvalue weighted by Crippen LogP contribution is 2.21. The molecule has 0 aliphatic heterocycles. The SMILES string of the molecule is CN(Cc1ccsc1)S(=O)(=O)c1ccccc1CO. The van der Waals surface area contributed by atoms with Crippen LogP contribution in [0.15, 0.2) is 46.0 Å². The molecule has 6 heteroatoms. The van der Waals surface area contributed by atoms with Crippen LogP contribution in [0.4, 0.5) is 0 Å². The lowest BCUT2D eigenvalue weighted by atomic mass is 10.2. The molecule has 0 atom stereocenters. The van der Waals surface area contributed by atoms with Crippen molar-refractivity contribution >= 4 is 21.4 Å². The lowest BCUT2D eigenvalue weighted by Gasteiger charge is -2.18. The van der Waals surface area contributed by atoms with Crippen LogP contribution in [0.25, 0.3) is 0 Å². The third-order valence-electron chi connectivity index (χ3n) is 2.82. The standard InChI is InChI=1S/C13H15NO3S2/c1-14(8-11-6-7-18-10-11)19(16,17)13-5-3-2-4-12(13)9-15/h2-7,10,15H,8-9H2,1H3. The van der Waals surface area contributed by atoms with Gasteiger partial charge in [0.15, 0.2) is 0 Å². The van der Waals surface area contributed by atoms with Crippen LogP contribution in [-0.4, -0.2) is 24.9 Å². The topological polar surface area (TPSA) is 57.6 Å². The minimum absolute atomic E-state index is 0.162. The number of nitrogens with zero attached hydrogens (tertiary/aromatic N) is 1. The van der Waals surface area contributed by atoms with Gasteiger partial charge in [0.2, 0.25) is 10.0 Å². The van der Waals surface area contributed by atoms with Crippen LogP contribution in [-0.2, 0) is 23.2 Å². The first-order chi connectivity index (χ1) is 9.05. The van der Waals surface area contributed by atoms with E-state index in [1.165, 1.54) is 21.7 Å². The first kappa shape index (κ1) is 14.2. The zero-order chi connectivity index (χ0) is 13.9. The summed E-state index contributed by atoms with van der Waals surface area (Å²) in [6.45, 7) is 0.0350. The van der Waals surface area contributed by atoms with E-state index >= 15 is 0 Å². The monoisotopic (exact) mass is 297 g/mol. The van der Waals surface area contributed by atoms with E-state index in [2.05, 4.69) is 0 Å². The molecule has 0 spiro atoms. The molecule has 1 N–H and O–H groups in total. The molecule has 1 heterocycles. The van der Waals surface area contributed by atoms with Crippen molar-refractivity contribution in [2.45, 2.75) is 18.0 Å². The number of aliphatic hydroxyl groups excluding tert-OH is 1. The summed E-state index contributed by atoms with van der Waals surface area (Å²) in [6.07, 6.45) is 0. The highest BCUT2D eigenvalue weighted by molar-refractivity contribution is 7.89. The highest BCUT2D eigenvalue weighted by atomic mass is 32.2. The summed E-state index contributed by atoms with van der Waals surface area (Å²) in [4.78, 5) is 0.162. The van der Waals surface area contributed by atoms with Crippen molar-refractivity contribution in [3.8, 4) is 0 Å². The van der Waals surface area contributed by atoms with E-state index in [0.717, 1.165) is 5.56 Å². The molecule has 0 aliphatic rings. The molecule has 2 aromatic rings. The molecule has 0 aliphatic carbocycles. The molecule has 19 heavy (non-hydrogen) atoms. The van der Waals surface area contributed by atoms with Crippen LogP contribution in [0.2, 0.25) is 0 Å². The van der Waals surface area contributed by atoms with Gasteiger partial charge in [-0.3, -0.25) is 0 Å². The van der Waals surface area contributed by atoms with E-state index in [1.54, 1.807) is 25.2 Å². The summed E-state index contributed by atoms with van der Waals surface area (Å²) < 4.78 is 26.2. The van der Waals surface area contributed by atoms with Crippen molar-refractivity contribution in [1.29, 1.82) is 0 Å². The Bertz CT molecular complexity index is 636. The van der Waals surface area contributed by atoms with Crippen molar-refractivity contribution in [2.24, 2.45) is 0 Å². The molecule has 4 nitrogen and oxygen atoms in total. The van der Waals surface area contributed by atoms with Crippen molar-refractivity contribution in [1.82, 2.24) is 4.31 Å². The summed E-state index contributed by atoms with van der Waals surface area (Å²) in [7, 11) is -2.04. The van der Waals surface area contributed by atoms with Gasteiger partial charge in [-0.05, 0) is 34.0 Å². The van der Waals surface area contributed by atoms with Gasteiger partial charge in [-0.15, -0.1) is 0 Å². The highest BCUT2D eigenvalue weighted by Gasteiger charge is 2.23. The lowest BCUT2D eigenvalue weighted by molar-refractivity contribution is 0.278. The van der Waals surface area contributed by atoms with Gasteiger partial charge in [-0.2, -0.15) is 15.6 Å². The summed E-state index contributed by atoms with van der Waals surface area (Å²) in [5.74, 6) is 0. The van der Waals surface area contributed by atoms with E-state index in [0.29, 0.717) is 12.1 Å². The van der Waals surface area contributed by atoms with Gasteiger partial charge in [0.05, 0.1) is 11.5 Å². The van der Waals surface area contributed by atoms with Crippen LogP contribution in [0.3, 0.4) is 0 Å². The van der Waals surface area contributed by atoms with Crippen LogP contribution < -0.4 is 0 Å². The van der Waals surface area contributed by atoms with Crippen LogP contribution in [0.5, 0.6) is 0 Å². The Kier molecular flexibility index (Phi) is 4.36. The largest absolute Gasteiger partial charge is 0.392 e. The molecule has 0 fully saturated rings. The van der Waals surface area contributed by atoms with Crippen molar-refractivity contribution < 1.29 is 13.5 Å². The zero-order valence-corrected chi connectivity index (χ0v) is 12.1. The Morgan fingerprint density at radius 2 is 2.00 bits per heavy atom. The predicted octanol–water partition coefficient (Wildman–Crippen LogP) is 2.06. The van der Waals surface area contributed by atoms with E-state index in [1.807, 2.05) is 16.8 Å². The fraction of sp³-hybridized carbons (Fsp3) is 0.231. The van der Waals surface area contributed by atoms with Crippen molar-refractivity contribution in [3.05, 3.63) is 52.2 Å². The number of thiophene rings is 1. The summed E-state index contributed by atoms with van der Waals surface area (Å²) in [5, 5.41) is 13.1. The van der Waals surface area contributed by atoms with Gasteiger partial charge >= 0.3 is 0 Å². The molecule has 0 saturated carbocycles. The summed E-state index contributed by atoms with van der Waals surface area (Å²) >= 11 is 1.53. The average molecular weight is 297 g/mol. The van der Waals surface area contributed by atoms with E-state index in [9.17, 15) is 13.5 Å². The Balaban J connectivity index is 2.31. The lowest BCUT2D eigenvalue weighted by Crippen LogP contribution is -2.27. The van der Waals surface area contributed by atoms with Crippen molar-refractivity contribution in [2.75, 3.05) is 7.05 Å². The molecular weight excluding hydrogens is 282 g/mol. The molecule has 102 valence electrons. The summed E-state index contributed by atoms with van der Waals surface area (Å²) in [5.41, 5.74) is 1.37. The maximum Gasteiger partial charge on any atom is 0.243 e. The number of aliphatic hydroxyl groups is 1. The number of hydrogen-bond donors (Lipinski definition) is 1. The molecule has 2 rings (SSSR count). The molecule has 1 aromatic heterocycles. The second kappa shape index (κ2) is 5.83. The molecule has 0 unspecified atom stereocenters. The molecule has 0 saturated heterocycles. The zero-order valence-electron chi connectivity index (χ0n) is 10.5. The third-order valence-corrected chi connectivity index (χ3v) is 5.45.